The number of nitrogen functional groups attached to an aromatic ring is 1. The van der Waals surface area contributed by atoms with Crippen LogP contribution in [0.1, 0.15) is 56.8 Å². The van der Waals surface area contributed by atoms with Crippen molar-refractivity contribution in [3.8, 4) is 0 Å². The quantitative estimate of drug-likeness (QED) is 0.816. The van der Waals surface area contributed by atoms with Crippen molar-refractivity contribution >= 4 is 11.6 Å². The summed E-state index contributed by atoms with van der Waals surface area (Å²) >= 11 is 0. The van der Waals surface area contributed by atoms with E-state index in [0.29, 0.717) is 11.6 Å². The van der Waals surface area contributed by atoms with Gasteiger partial charge in [0.2, 0.25) is 0 Å². The zero-order valence-corrected chi connectivity index (χ0v) is 13.1. The number of nitrogens with two attached hydrogens (primary N) is 1. The van der Waals surface area contributed by atoms with Crippen molar-refractivity contribution in [3.05, 3.63) is 29.6 Å². The second-order valence-electron chi connectivity index (χ2n) is 7.08. The molecule has 0 saturated heterocycles. The number of nitrogens with one attached hydrogen (secondary N) is 1. The maximum atomic E-state index is 13.8. The van der Waals surface area contributed by atoms with Gasteiger partial charge < -0.3 is 11.1 Å². The Kier molecular flexibility index (Phi) is 4.55. The Morgan fingerprint density at radius 2 is 1.95 bits per heavy atom. The summed E-state index contributed by atoms with van der Waals surface area (Å²) in [6.07, 6.45) is 4.38. The molecule has 2 unspecified atom stereocenters. The highest BCUT2D eigenvalue weighted by molar-refractivity contribution is 5.95. The molecule has 2 rings (SSSR count). The van der Waals surface area contributed by atoms with E-state index >= 15 is 0 Å². The van der Waals surface area contributed by atoms with Crippen LogP contribution in [0, 0.1) is 17.2 Å². The highest BCUT2D eigenvalue weighted by atomic mass is 19.1. The van der Waals surface area contributed by atoms with Gasteiger partial charge in [-0.05, 0) is 42.4 Å². The maximum Gasteiger partial charge on any atom is 0.254 e. The molecule has 1 aliphatic rings. The number of benzene rings is 1. The minimum Gasteiger partial charge on any atom is -0.399 e. The summed E-state index contributed by atoms with van der Waals surface area (Å²) in [7, 11) is 0. The van der Waals surface area contributed by atoms with Gasteiger partial charge in [-0.25, -0.2) is 4.39 Å². The normalized spacial score (nSPS) is 22.9. The Hall–Kier alpha value is -1.58. The fourth-order valence-electron chi connectivity index (χ4n) is 3.30. The van der Waals surface area contributed by atoms with Crippen LogP contribution in [0.15, 0.2) is 18.2 Å². The summed E-state index contributed by atoms with van der Waals surface area (Å²) in [5, 5.41) is 3.03. The number of rotatable bonds is 2. The maximum absolute atomic E-state index is 13.8. The van der Waals surface area contributed by atoms with Crippen molar-refractivity contribution in [1.29, 1.82) is 0 Å². The van der Waals surface area contributed by atoms with E-state index in [-0.39, 0.29) is 22.9 Å². The molecule has 1 fully saturated rings. The van der Waals surface area contributed by atoms with Gasteiger partial charge in [-0.3, -0.25) is 4.79 Å². The van der Waals surface area contributed by atoms with Crippen molar-refractivity contribution in [2.45, 2.75) is 52.5 Å². The average molecular weight is 292 g/mol. The van der Waals surface area contributed by atoms with Crippen molar-refractivity contribution in [1.82, 2.24) is 5.32 Å². The van der Waals surface area contributed by atoms with Crippen LogP contribution < -0.4 is 11.1 Å². The van der Waals surface area contributed by atoms with E-state index in [2.05, 4.69) is 26.1 Å². The minimum absolute atomic E-state index is 0.0717. The molecule has 1 aromatic carbocycles. The van der Waals surface area contributed by atoms with Crippen LogP contribution in [-0.4, -0.2) is 11.9 Å². The number of amides is 1. The molecule has 1 aromatic rings. The largest absolute Gasteiger partial charge is 0.399 e. The van der Waals surface area contributed by atoms with Gasteiger partial charge in [-0.2, -0.15) is 0 Å². The van der Waals surface area contributed by atoms with E-state index in [4.69, 9.17) is 5.73 Å². The lowest BCUT2D eigenvalue weighted by Crippen LogP contribution is -2.46. The first-order chi connectivity index (χ1) is 9.79. The molecule has 0 spiro atoms. The van der Waals surface area contributed by atoms with Crippen molar-refractivity contribution in [2.24, 2.45) is 11.3 Å². The van der Waals surface area contributed by atoms with E-state index in [9.17, 15) is 9.18 Å². The number of carbonyl (C=O) groups excluding carboxylic acids is 1. The first kappa shape index (κ1) is 15.8. The molecule has 1 saturated carbocycles. The molecule has 1 amide bonds. The SMILES string of the molecule is CC(C)(C)C1CCCCC1NC(=O)c1ccc(N)cc1F. The topological polar surface area (TPSA) is 55.1 Å². The van der Waals surface area contributed by atoms with Gasteiger partial charge in [0, 0.05) is 11.7 Å². The van der Waals surface area contributed by atoms with Crippen molar-refractivity contribution in [3.63, 3.8) is 0 Å². The van der Waals surface area contributed by atoms with Gasteiger partial charge in [0.1, 0.15) is 5.82 Å². The third-order valence-corrected chi connectivity index (χ3v) is 4.43. The predicted octanol–water partition coefficient (Wildman–Crippen LogP) is 3.74. The van der Waals surface area contributed by atoms with Crippen LogP contribution in [0.3, 0.4) is 0 Å². The first-order valence-corrected chi connectivity index (χ1v) is 7.65. The Morgan fingerprint density at radius 1 is 1.29 bits per heavy atom. The van der Waals surface area contributed by atoms with E-state index in [1.807, 2.05) is 0 Å². The number of hydrogen-bond donors (Lipinski definition) is 2. The lowest BCUT2D eigenvalue weighted by molar-refractivity contribution is 0.0826. The summed E-state index contributed by atoms with van der Waals surface area (Å²) in [4.78, 5) is 12.3. The van der Waals surface area contributed by atoms with Crippen LogP contribution in [-0.2, 0) is 0 Å². The summed E-state index contributed by atoms with van der Waals surface area (Å²) < 4.78 is 13.8. The van der Waals surface area contributed by atoms with Gasteiger partial charge in [-0.15, -0.1) is 0 Å². The van der Waals surface area contributed by atoms with Crippen LogP contribution in [0.2, 0.25) is 0 Å². The molecule has 0 heterocycles. The number of hydrogen-bond acceptors (Lipinski definition) is 2. The fourth-order valence-corrected chi connectivity index (χ4v) is 3.30. The van der Waals surface area contributed by atoms with E-state index in [0.717, 1.165) is 19.3 Å². The first-order valence-electron chi connectivity index (χ1n) is 7.65. The Balaban J connectivity index is 2.13. The molecule has 116 valence electrons. The Labute approximate surface area is 126 Å². The molecule has 0 aliphatic heterocycles. The van der Waals surface area contributed by atoms with Crippen LogP contribution >= 0.6 is 0 Å². The monoisotopic (exact) mass is 292 g/mol. The Morgan fingerprint density at radius 3 is 2.57 bits per heavy atom. The molecular weight excluding hydrogens is 267 g/mol. The molecule has 3 nitrogen and oxygen atoms in total. The van der Waals surface area contributed by atoms with Gasteiger partial charge in [0.15, 0.2) is 0 Å². The zero-order valence-electron chi connectivity index (χ0n) is 13.1. The Bertz CT molecular complexity index is 522. The van der Waals surface area contributed by atoms with E-state index < -0.39 is 5.82 Å². The van der Waals surface area contributed by atoms with Crippen molar-refractivity contribution in [2.75, 3.05) is 5.73 Å². The van der Waals surface area contributed by atoms with Crippen LogP contribution in [0.25, 0.3) is 0 Å². The van der Waals surface area contributed by atoms with Gasteiger partial charge in [-0.1, -0.05) is 33.6 Å². The highest BCUT2D eigenvalue weighted by Crippen LogP contribution is 2.38. The van der Waals surface area contributed by atoms with Crippen LogP contribution in [0.5, 0.6) is 0 Å². The summed E-state index contributed by atoms with van der Waals surface area (Å²) in [5.41, 5.74) is 6.06. The average Bonchev–Trinajstić information content (AvgIpc) is 2.37. The second-order valence-corrected chi connectivity index (χ2v) is 7.08. The second kappa shape index (κ2) is 6.04. The van der Waals surface area contributed by atoms with E-state index in [1.54, 1.807) is 6.07 Å². The summed E-state index contributed by atoms with van der Waals surface area (Å²) in [5.74, 6) is -0.476. The number of halogens is 1. The van der Waals surface area contributed by atoms with Crippen LogP contribution in [0.4, 0.5) is 10.1 Å². The molecule has 2 atom stereocenters. The molecule has 0 bridgehead atoms. The molecule has 3 N–H and O–H groups in total. The molecule has 0 radical (unpaired) electrons. The predicted molar refractivity (Wildman–Crippen MR) is 83.5 cm³/mol. The van der Waals surface area contributed by atoms with Gasteiger partial charge >= 0.3 is 0 Å². The lowest BCUT2D eigenvalue weighted by atomic mass is 9.69. The van der Waals surface area contributed by atoms with Crippen molar-refractivity contribution < 1.29 is 9.18 Å². The fraction of sp³-hybridized carbons (Fsp3) is 0.588. The zero-order chi connectivity index (χ0) is 15.6. The van der Waals surface area contributed by atoms with Gasteiger partial charge in [0.05, 0.1) is 5.56 Å². The number of carbonyl (C=O) groups is 1. The number of anilines is 1. The smallest absolute Gasteiger partial charge is 0.254 e. The third-order valence-electron chi connectivity index (χ3n) is 4.43. The molecule has 4 heteroatoms. The summed E-state index contributed by atoms with van der Waals surface area (Å²) in [6, 6.07) is 4.31. The molecule has 21 heavy (non-hydrogen) atoms. The third kappa shape index (κ3) is 3.74. The molecular formula is C17H25FN2O. The standard InChI is InChI=1S/C17H25FN2O/c1-17(2,3)13-6-4-5-7-15(13)20-16(21)12-9-8-11(19)10-14(12)18/h8-10,13,15H,4-7,19H2,1-3H3,(H,20,21). The van der Waals surface area contributed by atoms with E-state index in [1.165, 1.54) is 18.6 Å². The molecule has 1 aliphatic carbocycles. The lowest BCUT2D eigenvalue weighted by Gasteiger charge is -2.40. The minimum atomic E-state index is -0.560. The molecule has 0 aromatic heterocycles. The highest BCUT2D eigenvalue weighted by Gasteiger charge is 2.35. The van der Waals surface area contributed by atoms with Gasteiger partial charge in [0.25, 0.3) is 5.91 Å². The summed E-state index contributed by atoms with van der Waals surface area (Å²) in [6.45, 7) is 6.60.